The van der Waals surface area contributed by atoms with Crippen molar-refractivity contribution in [2.45, 2.75) is 6.92 Å². The fourth-order valence-electron chi connectivity index (χ4n) is 3.13. The van der Waals surface area contributed by atoms with Crippen LogP contribution in [-0.2, 0) is 0 Å². The van der Waals surface area contributed by atoms with Crippen LogP contribution in [0.4, 0.5) is 18.3 Å². The second kappa shape index (κ2) is 7.33. The first-order chi connectivity index (χ1) is 14.8. The molecule has 156 valence electrons. The van der Waals surface area contributed by atoms with Crippen molar-refractivity contribution in [1.29, 1.82) is 0 Å². The standard InChI is InChI=1S/C20H10ClF3N4OS2/c1-8-9-6-14(30-19(9)28(27-8)12-5-3-2-4-10(12)21)18(29)26-20-25-17-13(31-20)7-11(22)15(23)16(17)24/h2-7H,1H3,(H,25,26,29). The Morgan fingerprint density at radius 3 is 2.68 bits per heavy atom. The number of benzene rings is 2. The summed E-state index contributed by atoms with van der Waals surface area (Å²) >= 11 is 8.35. The molecule has 3 aromatic heterocycles. The van der Waals surface area contributed by atoms with E-state index in [1.807, 2.05) is 25.1 Å². The number of carbonyl (C=O) groups excluding carboxylic acids is 1. The Labute approximate surface area is 185 Å². The van der Waals surface area contributed by atoms with Crippen LogP contribution in [0.2, 0.25) is 5.02 Å². The van der Waals surface area contributed by atoms with Gasteiger partial charge in [0.2, 0.25) is 0 Å². The molecule has 0 saturated carbocycles. The molecular weight excluding hydrogens is 469 g/mol. The molecular formula is C20H10ClF3N4OS2. The number of thiazole rings is 1. The number of aromatic nitrogens is 3. The summed E-state index contributed by atoms with van der Waals surface area (Å²) in [6, 6.07) is 9.76. The lowest BCUT2D eigenvalue weighted by Crippen LogP contribution is -2.09. The van der Waals surface area contributed by atoms with Crippen LogP contribution in [0, 0.1) is 24.4 Å². The average Bonchev–Trinajstić information content (AvgIpc) is 3.42. The van der Waals surface area contributed by atoms with E-state index in [9.17, 15) is 18.0 Å². The largest absolute Gasteiger partial charge is 0.297 e. The number of nitrogens with one attached hydrogen (secondary N) is 1. The van der Waals surface area contributed by atoms with Gasteiger partial charge >= 0.3 is 0 Å². The van der Waals surface area contributed by atoms with Gasteiger partial charge in [-0.1, -0.05) is 35.1 Å². The number of halogens is 4. The first-order valence-electron chi connectivity index (χ1n) is 8.83. The molecule has 0 fully saturated rings. The van der Waals surface area contributed by atoms with Crippen molar-refractivity contribution in [2.75, 3.05) is 5.32 Å². The third-order valence-corrected chi connectivity index (χ3v) is 6.94. The quantitative estimate of drug-likeness (QED) is 0.308. The highest BCUT2D eigenvalue weighted by Gasteiger charge is 2.21. The van der Waals surface area contributed by atoms with Gasteiger partial charge in [0.1, 0.15) is 10.3 Å². The molecule has 0 aliphatic carbocycles. The first-order valence-corrected chi connectivity index (χ1v) is 10.8. The van der Waals surface area contributed by atoms with E-state index in [4.69, 9.17) is 11.6 Å². The molecule has 0 aliphatic heterocycles. The fraction of sp³-hybridized carbons (Fsp3) is 0.0500. The van der Waals surface area contributed by atoms with Crippen LogP contribution in [0.15, 0.2) is 36.4 Å². The van der Waals surface area contributed by atoms with Gasteiger partial charge in [0.15, 0.2) is 22.6 Å². The number of thiophene rings is 1. The molecule has 5 rings (SSSR count). The minimum atomic E-state index is -1.60. The second-order valence-corrected chi connectivity index (χ2v) is 9.05. The van der Waals surface area contributed by atoms with Crippen molar-refractivity contribution in [3.05, 3.63) is 69.4 Å². The number of hydrogen-bond acceptors (Lipinski definition) is 5. The van der Waals surface area contributed by atoms with Crippen LogP contribution in [0.25, 0.3) is 26.1 Å². The molecule has 5 nitrogen and oxygen atoms in total. The van der Waals surface area contributed by atoms with Gasteiger partial charge in [0, 0.05) is 5.39 Å². The van der Waals surface area contributed by atoms with Gasteiger partial charge in [-0.15, -0.1) is 11.3 Å². The van der Waals surface area contributed by atoms with Crippen molar-refractivity contribution in [3.8, 4) is 5.69 Å². The molecule has 0 unspecified atom stereocenters. The molecule has 0 spiro atoms. The number of anilines is 1. The summed E-state index contributed by atoms with van der Waals surface area (Å²) in [4.78, 5) is 17.8. The lowest BCUT2D eigenvalue weighted by atomic mass is 10.3. The molecule has 31 heavy (non-hydrogen) atoms. The Hall–Kier alpha value is -2.95. The van der Waals surface area contributed by atoms with Gasteiger partial charge < -0.3 is 0 Å². The Bertz CT molecular complexity index is 1510. The second-order valence-electron chi connectivity index (χ2n) is 6.58. The highest BCUT2D eigenvalue weighted by Crippen LogP contribution is 2.34. The van der Waals surface area contributed by atoms with E-state index >= 15 is 0 Å². The molecule has 5 aromatic rings. The maximum atomic E-state index is 13.9. The van der Waals surface area contributed by atoms with Crippen LogP contribution in [-0.4, -0.2) is 20.7 Å². The monoisotopic (exact) mass is 478 g/mol. The number of carbonyl (C=O) groups is 1. The number of aryl methyl sites for hydroxylation is 1. The number of hydrogen-bond donors (Lipinski definition) is 1. The van der Waals surface area contributed by atoms with Crippen LogP contribution < -0.4 is 5.32 Å². The van der Waals surface area contributed by atoms with Gasteiger partial charge in [-0.25, -0.2) is 22.8 Å². The number of para-hydroxylation sites is 1. The van der Waals surface area contributed by atoms with Crippen molar-refractivity contribution in [3.63, 3.8) is 0 Å². The SMILES string of the molecule is Cc1nn(-c2ccccc2Cl)c2sc(C(=O)Nc3nc4c(F)c(F)c(F)cc4s3)cc12. The third-order valence-electron chi connectivity index (χ3n) is 4.59. The number of fused-ring (bicyclic) bond motifs is 2. The molecule has 2 aromatic carbocycles. The highest BCUT2D eigenvalue weighted by molar-refractivity contribution is 7.23. The number of nitrogens with zero attached hydrogens (tertiary/aromatic N) is 3. The highest BCUT2D eigenvalue weighted by atomic mass is 35.5. The molecule has 0 radical (unpaired) electrons. The topological polar surface area (TPSA) is 59.8 Å². The Kier molecular flexibility index (Phi) is 4.72. The maximum Gasteiger partial charge on any atom is 0.267 e. The van der Waals surface area contributed by atoms with Crippen LogP contribution in [0.3, 0.4) is 0 Å². The fourth-order valence-corrected chi connectivity index (χ4v) is 5.30. The molecule has 0 saturated heterocycles. The molecule has 1 N–H and O–H groups in total. The predicted octanol–water partition coefficient (Wildman–Crippen LogP) is 6.33. The van der Waals surface area contributed by atoms with E-state index in [0.29, 0.717) is 15.6 Å². The Balaban J connectivity index is 1.51. The Morgan fingerprint density at radius 2 is 1.90 bits per heavy atom. The summed E-state index contributed by atoms with van der Waals surface area (Å²) in [7, 11) is 0. The van der Waals surface area contributed by atoms with Gasteiger partial charge in [-0.3, -0.25) is 10.1 Å². The smallest absolute Gasteiger partial charge is 0.267 e. The summed E-state index contributed by atoms with van der Waals surface area (Å²) in [6.07, 6.45) is 0. The maximum absolute atomic E-state index is 13.9. The van der Waals surface area contributed by atoms with E-state index in [0.717, 1.165) is 33.3 Å². The average molecular weight is 479 g/mol. The summed E-state index contributed by atoms with van der Waals surface area (Å²) in [5.74, 6) is -4.77. The van der Waals surface area contributed by atoms with Gasteiger partial charge in [-0.05, 0) is 31.2 Å². The van der Waals surface area contributed by atoms with E-state index in [1.165, 1.54) is 11.3 Å². The lowest BCUT2D eigenvalue weighted by Gasteiger charge is -2.04. The van der Waals surface area contributed by atoms with E-state index in [1.54, 1.807) is 16.8 Å². The summed E-state index contributed by atoms with van der Waals surface area (Å²) < 4.78 is 42.5. The van der Waals surface area contributed by atoms with Crippen LogP contribution in [0.5, 0.6) is 0 Å². The van der Waals surface area contributed by atoms with Crippen molar-refractivity contribution in [2.24, 2.45) is 0 Å². The van der Waals surface area contributed by atoms with Crippen molar-refractivity contribution in [1.82, 2.24) is 14.8 Å². The first kappa shape index (κ1) is 20.0. The summed E-state index contributed by atoms with van der Waals surface area (Å²) in [6.45, 7) is 1.82. The summed E-state index contributed by atoms with van der Waals surface area (Å²) in [5, 5.41) is 8.41. The van der Waals surface area contributed by atoms with Gasteiger partial charge in [-0.2, -0.15) is 5.10 Å². The van der Waals surface area contributed by atoms with Crippen LogP contribution in [0.1, 0.15) is 15.4 Å². The minimum absolute atomic E-state index is 0.0332. The zero-order chi connectivity index (χ0) is 21.9. The van der Waals surface area contributed by atoms with E-state index in [-0.39, 0.29) is 15.3 Å². The molecule has 11 heteroatoms. The zero-order valence-corrected chi connectivity index (χ0v) is 17.9. The zero-order valence-electron chi connectivity index (χ0n) is 15.5. The summed E-state index contributed by atoms with van der Waals surface area (Å²) in [5.41, 5.74) is 1.07. The minimum Gasteiger partial charge on any atom is -0.297 e. The predicted molar refractivity (Wildman–Crippen MR) is 116 cm³/mol. The van der Waals surface area contributed by atoms with E-state index < -0.39 is 23.4 Å². The molecule has 1 amide bonds. The van der Waals surface area contributed by atoms with Gasteiger partial charge in [0.05, 0.1) is 26.0 Å². The lowest BCUT2D eigenvalue weighted by molar-refractivity contribution is 0.103. The molecule has 0 bridgehead atoms. The molecule has 0 aliphatic rings. The normalized spacial score (nSPS) is 11.5. The third kappa shape index (κ3) is 3.27. The number of rotatable bonds is 3. The molecule has 0 atom stereocenters. The molecule has 3 heterocycles. The van der Waals surface area contributed by atoms with Crippen LogP contribution >= 0.6 is 34.3 Å². The number of amides is 1. The van der Waals surface area contributed by atoms with Gasteiger partial charge in [0.25, 0.3) is 5.91 Å². The van der Waals surface area contributed by atoms with Crippen molar-refractivity contribution < 1.29 is 18.0 Å². The van der Waals surface area contributed by atoms with E-state index in [2.05, 4.69) is 15.4 Å². The van der Waals surface area contributed by atoms with Crippen molar-refractivity contribution >= 4 is 65.7 Å². The Morgan fingerprint density at radius 1 is 1.13 bits per heavy atom.